The monoisotopic (exact) mass is 322 g/mol. The highest BCUT2D eigenvalue weighted by atomic mass is 35.5. The third kappa shape index (κ3) is 4.32. The Hall–Kier alpha value is -1.93. The van der Waals surface area contributed by atoms with Gasteiger partial charge in [-0.05, 0) is 0 Å². The molecule has 0 heterocycles. The van der Waals surface area contributed by atoms with Gasteiger partial charge in [-0.3, -0.25) is 20.2 Å². The van der Waals surface area contributed by atoms with Crippen molar-refractivity contribution in [1.82, 2.24) is 0 Å². The third-order valence-electron chi connectivity index (χ3n) is 2.12. The number of nitrogens with zero attached hydrogens (tertiary/aromatic N) is 2. The van der Waals surface area contributed by atoms with Gasteiger partial charge in [0.2, 0.25) is 0 Å². The van der Waals surface area contributed by atoms with Crippen molar-refractivity contribution in [1.29, 1.82) is 0 Å². The summed E-state index contributed by atoms with van der Waals surface area (Å²) in [5, 5.41) is 20.7. The van der Waals surface area contributed by atoms with Crippen molar-refractivity contribution in [2.45, 2.75) is 5.38 Å². The topological polar surface area (TPSA) is 113 Å². The van der Waals surface area contributed by atoms with Crippen LogP contribution in [0.1, 0.15) is 10.4 Å². The van der Waals surface area contributed by atoms with Gasteiger partial charge < -0.3 is 4.74 Å². The molecule has 1 atom stereocenters. The molecule has 0 saturated heterocycles. The van der Waals surface area contributed by atoms with Crippen molar-refractivity contribution in [3.8, 4) is 0 Å². The van der Waals surface area contributed by atoms with Crippen LogP contribution in [0.25, 0.3) is 0 Å². The third-order valence-corrected chi connectivity index (χ3v) is 2.93. The minimum Gasteiger partial charge on any atom is -0.460 e. The van der Waals surface area contributed by atoms with Crippen LogP contribution >= 0.6 is 23.2 Å². The number of carbonyl (C=O) groups excluding carboxylic acids is 1. The molecular weight excluding hydrogens is 315 g/mol. The maximum atomic E-state index is 11.6. The largest absolute Gasteiger partial charge is 0.460 e. The molecule has 0 aliphatic carbocycles. The molecule has 1 rings (SSSR count). The first-order valence-electron chi connectivity index (χ1n) is 5.16. The lowest BCUT2D eigenvalue weighted by atomic mass is 10.2. The van der Waals surface area contributed by atoms with E-state index in [-0.39, 0.29) is 18.1 Å². The Balaban J connectivity index is 3.01. The lowest BCUT2D eigenvalue weighted by Crippen LogP contribution is -2.15. The van der Waals surface area contributed by atoms with Crippen LogP contribution in [0.5, 0.6) is 0 Å². The average Bonchev–Trinajstić information content (AvgIpc) is 2.43. The molecule has 0 aliphatic heterocycles. The summed E-state index contributed by atoms with van der Waals surface area (Å²) in [7, 11) is 0. The van der Waals surface area contributed by atoms with E-state index in [2.05, 4.69) is 0 Å². The minimum atomic E-state index is -0.951. The van der Waals surface area contributed by atoms with Gasteiger partial charge in [-0.2, -0.15) is 0 Å². The smallest absolute Gasteiger partial charge is 0.338 e. The molecule has 1 aromatic rings. The first kappa shape index (κ1) is 16.1. The Bertz CT molecular complexity index is 518. The number of nitro benzene ring substituents is 2. The van der Waals surface area contributed by atoms with Gasteiger partial charge in [0.15, 0.2) is 0 Å². The zero-order valence-corrected chi connectivity index (χ0v) is 11.3. The summed E-state index contributed by atoms with van der Waals surface area (Å²) in [5.74, 6) is -0.906. The number of alkyl halides is 2. The van der Waals surface area contributed by atoms with Gasteiger partial charge in [0, 0.05) is 18.0 Å². The minimum absolute atomic E-state index is 0.0456. The number of esters is 1. The zero-order valence-electron chi connectivity index (χ0n) is 9.82. The van der Waals surface area contributed by atoms with E-state index in [1.807, 2.05) is 0 Å². The highest BCUT2D eigenvalue weighted by Gasteiger charge is 2.21. The number of carbonyl (C=O) groups is 1. The molecule has 1 aromatic carbocycles. The Morgan fingerprint density at radius 1 is 1.20 bits per heavy atom. The molecule has 0 saturated carbocycles. The highest BCUT2D eigenvalue weighted by molar-refractivity contribution is 6.28. The molecule has 0 amide bonds. The molecule has 0 N–H and O–H groups in total. The van der Waals surface area contributed by atoms with Crippen LogP contribution < -0.4 is 0 Å². The first-order chi connectivity index (χ1) is 9.35. The number of ether oxygens (including phenoxy) is 1. The molecule has 20 heavy (non-hydrogen) atoms. The molecule has 0 bridgehead atoms. The van der Waals surface area contributed by atoms with E-state index < -0.39 is 32.6 Å². The molecule has 0 spiro atoms. The van der Waals surface area contributed by atoms with Crippen molar-refractivity contribution in [3.63, 3.8) is 0 Å². The second kappa shape index (κ2) is 7.01. The van der Waals surface area contributed by atoms with Gasteiger partial charge in [-0.15, -0.1) is 23.2 Å². The summed E-state index contributed by atoms with van der Waals surface area (Å²) in [5.41, 5.74) is -1.46. The standard InChI is InChI=1S/C10H8Cl2N2O6/c11-4-7(12)5-20-10(15)6-1-8(13(16)17)3-9(2-6)14(18)19/h1-3,7H,4-5H2. The van der Waals surface area contributed by atoms with Crippen LogP contribution in [0.4, 0.5) is 11.4 Å². The second-order valence-electron chi connectivity index (χ2n) is 3.60. The van der Waals surface area contributed by atoms with Crippen molar-refractivity contribution in [3.05, 3.63) is 44.0 Å². The fraction of sp³-hybridized carbons (Fsp3) is 0.300. The van der Waals surface area contributed by atoms with E-state index in [9.17, 15) is 25.0 Å². The van der Waals surface area contributed by atoms with Crippen LogP contribution in [-0.2, 0) is 4.74 Å². The molecule has 8 nitrogen and oxygen atoms in total. The van der Waals surface area contributed by atoms with Crippen molar-refractivity contribution in [2.24, 2.45) is 0 Å². The normalized spacial score (nSPS) is 11.7. The fourth-order valence-electron chi connectivity index (χ4n) is 1.22. The molecule has 1 unspecified atom stereocenters. The van der Waals surface area contributed by atoms with E-state index >= 15 is 0 Å². The quantitative estimate of drug-likeness (QED) is 0.344. The van der Waals surface area contributed by atoms with Crippen molar-refractivity contribution in [2.75, 3.05) is 12.5 Å². The Morgan fingerprint density at radius 2 is 1.70 bits per heavy atom. The number of hydrogen-bond donors (Lipinski definition) is 0. The summed E-state index contributed by atoms with van der Waals surface area (Å²) in [6.07, 6.45) is 0. The van der Waals surface area contributed by atoms with Crippen LogP contribution in [0.3, 0.4) is 0 Å². The maximum Gasteiger partial charge on any atom is 0.338 e. The van der Waals surface area contributed by atoms with Crippen molar-refractivity contribution < 1.29 is 19.4 Å². The average molecular weight is 323 g/mol. The number of halogens is 2. The van der Waals surface area contributed by atoms with Gasteiger partial charge >= 0.3 is 5.97 Å². The van der Waals surface area contributed by atoms with Gasteiger partial charge in [-0.1, -0.05) is 0 Å². The molecule has 10 heteroatoms. The first-order valence-corrected chi connectivity index (χ1v) is 6.13. The predicted octanol–water partition coefficient (Wildman–Crippen LogP) is 2.51. The maximum absolute atomic E-state index is 11.6. The SMILES string of the molecule is O=C(OCC(Cl)CCl)c1cc([N+](=O)[O-])cc([N+](=O)[O-])c1. The van der Waals surface area contributed by atoms with Crippen LogP contribution in [0, 0.1) is 20.2 Å². The number of nitro groups is 2. The molecule has 0 radical (unpaired) electrons. The summed E-state index contributed by atoms with van der Waals surface area (Å²) in [4.78, 5) is 31.3. The molecule has 0 aromatic heterocycles. The van der Waals surface area contributed by atoms with Gasteiger partial charge in [0.05, 0.1) is 26.9 Å². The van der Waals surface area contributed by atoms with E-state index in [1.54, 1.807) is 0 Å². The summed E-state index contributed by atoms with van der Waals surface area (Å²) in [6, 6.07) is 2.53. The van der Waals surface area contributed by atoms with E-state index in [0.29, 0.717) is 0 Å². The van der Waals surface area contributed by atoms with Crippen molar-refractivity contribution >= 4 is 40.5 Å². The molecule has 0 aliphatic rings. The van der Waals surface area contributed by atoms with Gasteiger partial charge in [0.25, 0.3) is 11.4 Å². The van der Waals surface area contributed by atoms with E-state index in [0.717, 1.165) is 18.2 Å². The highest BCUT2D eigenvalue weighted by Crippen LogP contribution is 2.23. The number of non-ortho nitro benzene ring substituents is 2. The van der Waals surface area contributed by atoms with Gasteiger partial charge in [0.1, 0.15) is 6.61 Å². The Labute approximate surface area is 122 Å². The predicted molar refractivity (Wildman–Crippen MR) is 70.4 cm³/mol. The molecule has 108 valence electrons. The lowest BCUT2D eigenvalue weighted by Gasteiger charge is -2.07. The Kier molecular flexibility index (Phi) is 5.66. The fourth-order valence-corrected chi connectivity index (χ4v) is 1.37. The van der Waals surface area contributed by atoms with E-state index in [4.69, 9.17) is 27.9 Å². The lowest BCUT2D eigenvalue weighted by molar-refractivity contribution is -0.394. The Morgan fingerprint density at radius 3 is 2.10 bits per heavy atom. The molecular formula is C10H8Cl2N2O6. The van der Waals surface area contributed by atoms with Crippen LogP contribution in [0.2, 0.25) is 0 Å². The second-order valence-corrected chi connectivity index (χ2v) is 4.53. The van der Waals surface area contributed by atoms with Gasteiger partial charge in [-0.25, -0.2) is 4.79 Å². The number of rotatable bonds is 6. The van der Waals surface area contributed by atoms with Crippen LogP contribution in [-0.4, -0.2) is 33.7 Å². The summed E-state index contributed by atoms with van der Waals surface area (Å²) < 4.78 is 4.75. The number of benzene rings is 1. The zero-order chi connectivity index (χ0) is 15.3. The van der Waals surface area contributed by atoms with Crippen LogP contribution in [0.15, 0.2) is 18.2 Å². The van der Waals surface area contributed by atoms with E-state index in [1.165, 1.54) is 0 Å². The molecule has 0 fully saturated rings. The number of hydrogen-bond acceptors (Lipinski definition) is 6. The summed E-state index contributed by atoms with van der Waals surface area (Å²) >= 11 is 11.0. The summed E-state index contributed by atoms with van der Waals surface area (Å²) in [6.45, 7) is -0.208.